The summed E-state index contributed by atoms with van der Waals surface area (Å²) in [5.41, 5.74) is 4.79. The van der Waals surface area contributed by atoms with E-state index < -0.39 is 5.97 Å². The van der Waals surface area contributed by atoms with Crippen LogP contribution in [0.5, 0.6) is 23.0 Å². The van der Waals surface area contributed by atoms with E-state index in [1.54, 1.807) is 12.1 Å². The van der Waals surface area contributed by atoms with E-state index in [1.807, 2.05) is 66.1 Å². The number of carbonyl (C=O) groups is 2. The number of thioether (sulfide) groups is 1. The summed E-state index contributed by atoms with van der Waals surface area (Å²) in [6.45, 7) is 3.78. The molecular weight excluding hydrogens is 546 g/mol. The molecule has 212 valence electrons. The molecule has 1 heterocycles. The summed E-state index contributed by atoms with van der Waals surface area (Å²) in [6.07, 6.45) is 1.43. The highest BCUT2D eigenvalue weighted by Crippen LogP contribution is 2.38. The Morgan fingerprint density at radius 3 is 2.29 bits per heavy atom. The molecule has 0 radical (unpaired) electrons. The molecule has 4 aromatic rings. The molecule has 4 rings (SSSR count). The molecule has 0 aliphatic heterocycles. The van der Waals surface area contributed by atoms with Gasteiger partial charge >= 0.3 is 5.97 Å². The Labute approximate surface area is 241 Å². The SMILES string of the molecule is CCOc1ccc(-n2c(SCC(=O)N/N=C\c3cc(OC)c(OC(C)=O)c(OC)c3)nnc2-c2ccccc2)cc1. The lowest BCUT2D eigenvalue weighted by Crippen LogP contribution is -2.20. The van der Waals surface area contributed by atoms with Gasteiger partial charge in [0.15, 0.2) is 22.5 Å². The van der Waals surface area contributed by atoms with Crippen molar-refractivity contribution in [2.24, 2.45) is 5.10 Å². The second-order valence-corrected chi connectivity index (χ2v) is 9.31. The lowest BCUT2D eigenvalue weighted by molar-refractivity contribution is -0.132. The number of hydrazone groups is 1. The molecule has 0 saturated carbocycles. The summed E-state index contributed by atoms with van der Waals surface area (Å²) < 4.78 is 23.3. The minimum Gasteiger partial charge on any atom is -0.494 e. The van der Waals surface area contributed by atoms with Crippen molar-refractivity contribution in [3.05, 3.63) is 72.3 Å². The van der Waals surface area contributed by atoms with Crippen molar-refractivity contribution in [3.63, 3.8) is 0 Å². The number of nitrogens with one attached hydrogen (secondary N) is 1. The Bertz CT molecular complexity index is 1500. The predicted molar refractivity (Wildman–Crippen MR) is 155 cm³/mol. The summed E-state index contributed by atoms with van der Waals surface area (Å²) in [5, 5.41) is 13.3. The molecule has 1 N–H and O–H groups in total. The molecule has 11 nitrogen and oxygen atoms in total. The number of hydrogen-bond acceptors (Lipinski definition) is 10. The van der Waals surface area contributed by atoms with Crippen LogP contribution >= 0.6 is 11.8 Å². The van der Waals surface area contributed by atoms with Crippen LogP contribution in [0, 0.1) is 0 Å². The molecule has 3 aromatic carbocycles. The highest BCUT2D eigenvalue weighted by Gasteiger charge is 2.18. The maximum absolute atomic E-state index is 12.6. The molecular formula is C29H29N5O6S. The number of aromatic nitrogens is 3. The molecule has 0 unspecified atom stereocenters. The first-order valence-corrected chi connectivity index (χ1v) is 13.5. The van der Waals surface area contributed by atoms with E-state index in [0.29, 0.717) is 23.2 Å². The topological polar surface area (TPSA) is 126 Å². The fraction of sp³-hybridized carbons (Fsp3) is 0.207. The molecule has 0 spiro atoms. The first-order chi connectivity index (χ1) is 19.9. The maximum atomic E-state index is 12.6. The molecule has 12 heteroatoms. The quantitative estimate of drug-likeness (QED) is 0.0853. The zero-order valence-electron chi connectivity index (χ0n) is 23.0. The van der Waals surface area contributed by atoms with Gasteiger partial charge in [0.2, 0.25) is 5.75 Å². The third kappa shape index (κ3) is 7.42. The monoisotopic (exact) mass is 575 g/mol. The standard InChI is InChI=1S/C29H29N5O6S/c1-5-39-23-13-11-22(12-14-23)34-28(21-9-7-6-8-10-21)32-33-29(34)41-18-26(36)31-30-17-20-15-24(37-3)27(40-19(2)35)25(16-20)38-4/h6-17H,5,18H2,1-4H3,(H,31,36)/b30-17-. The van der Waals surface area contributed by atoms with Crippen LogP contribution < -0.4 is 24.4 Å². The van der Waals surface area contributed by atoms with Gasteiger partial charge in [0, 0.05) is 23.7 Å². The summed E-state index contributed by atoms with van der Waals surface area (Å²) >= 11 is 1.23. The summed E-state index contributed by atoms with van der Waals surface area (Å²) in [4.78, 5) is 24.1. The normalized spacial score (nSPS) is 10.8. The Balaban J connectivity index is 1.48. The molecule has 0 aliphatic carbocycles. The van der Waals surface area contributed by atoms with Crippen LogP contribution in [-0.2, 0) is 9.59 Å². The van der Waals surface area contributed by atoms with Gasteiger partial charge in [0.1, 0.15) is 5.75 Å². The van der Waals surface area contributed by atoms with E-state index in [0.717, 1.165) is 17.0 Å². The van der Waals surface area contributed by atoms with Crippen molar-refractivity contribution in [1.29, 1.82) is 0 Å². The van der Waals surface area contributed by atoms with Crippen LogP contribution in [0.1, 0.15) is 19.4 Å². The van der Waals surface area contributed by atoms with E-state index in [9.17, 15) is 9.59 Å². The second-order valence-electron chi connectivity index (χ2n) is 8.36. The largest absolute Gasteiger partial charge is 0.494 e. The summed E-state index contributed by atoms with van der Waals surface area (Å²) in [6, 6.07) is 20.5. The van der Waals surface area contributed by atoms with E-state index in [4.69, 9.17) is 18.9 Å². The Hall–Kier alpha value is -4.84. The molecule has 0 bridgehead atoms. The van der Waals surface area contributed by atoms with Gasteiger partial charge < -0.3 is 18.9 Å². The highest BCUT2D eigenvalue weighted by molar-refractivity contribution is 7.99. The van der Waals surface area contributed by atoms with Crippen LogP contribution in [0.3, 0.4) is 0 Å². The van der Waals surface area contributed by atoms with Gasteiger partial charge in [-0.3, -0.25) is 14.2 Å². The second kappa shape index (κ2) is 14.0. The summed E-state index contributed by atoms with van der Waals surface area (Å²) in [5.74, 6) is 1.32. The van der Waals surface area contributed by atoms with Crippen molar-refractivity contribution in [2.45, 2.75) is 19.0 Å². The van der Waals surface area contributed by atoms with Gasteiger partial charge in [0.05, 0.1) is 32.8 Å². The first kappa shape index (κ1) is 29.2. The third-order valence-electron chi connectivity index (χ3n) is 5.54. The van der Waals surface area contributed by atoms with Gasteiger partial charge in [-0.05, 0) is 43.3 Å². The molecule has 0 fully saturated rings. The highest BCUT2D eigenvalue weighted by atomic mass is 32.2. The molecule has 1 amide bonds. The van der Waals surface area contributed by atoms with E-state index in [2.05, 4.69) is 20.7 Å². The average molecular weight is 576 g/mol. The number of hydrogen-bond donors (Lipinski definition) is 1. The van der Waals surface area contributed by atoms with Crippen molar-refractivity contribution in [3.8, 4) is 40.1 Å². The smallest absolute Gasteiger partial charge is 0.308 e. The predicted octanol–water partition coefficient (Wildman–Crippen LogP) is 4.52. The number of esters is 1. The van der Waals surface area contributed by atoms with Crippen LogP contribution in [-0.4, -0.2) is 59.4 Å². The van der Waals surface area contributed by atoms with Gasteiger partial charge in [-0.25, -0.2) is 5.43 Å². The van der Waals surface area contributed by atoms with Gasteiger partial charge in [-0.15, -0.1) is 10.2 Å². The minimum absolute atomic E-state index is 0.0410. The maximum Gasteiger partial charge on any atom is 0.308 e. The molecule has 0 aliphatic rings. The fourth-order valence-electron chi connectivity index (χ4n) is 3.79. The first-order valence-electron chi connectivity index (χ1n) is 12.6. The van der Waals surface area contributed by atoms with E-state index in [-0.39, 0.29) is 28.9 Å². The van der Waals surface area contributed by atoms with Crippen LogP contribution in [0.25, 0.3) is 17.1 Å². The molecule has 41 heavy (non-hydrogen) atoms. The number of rotatable bonds is 12. The average Bonchev–Trinajstić information content (AvgIpc) is 3.41. The van der Waals surface area contributed by atoms with Crippen molar-refractivity contribution >= 4 is 29.9 Å². The number of carbonyl (C=O) groups excluding carboxylic acids is 2. The molecule has 0 saturated heterocycles. The van der Waals surface area contributed by atoms with E-state index in [1.165, 1.54) is 39.1 Å². The summed E-state index contributed by atoms with van der Waals surface area (Å²) in [7, 11) is 2.88. The van der Waals surface area contributed by atoms with Gasteiger partial charge in [-0.1, -0.05) is 42.1 Å². The molecule has 1 aromatic heterocycles. The minimum atomic E-state index is -0.512. The van der Waals surface area contributed by atoms with Gasteiger partial charge in [-0.2, -0.15) is 5.10 Å². The van der Waals surface area contributed by atoms with Crippen LogP contribution in [0.15, 0.2) is 77.0 Å². The Kier molecular flexibility index (Phi) is 9.94. The Morgan fingerprint density at radius 1 is 1.00 bits per heavy atom. The van der Waals surface area contributed by atoms with Crippen LogP contribution in [0.2, 0.25) is 0 Å². The Morgan fingerprint density at radius 2 is 1.68 bits per heavy atom. The molecule has 0 atom stereocenters. The third-order valence-corrected chi connectivity index (χ3v) is 6.46. The van der Waals surface area contributed by atoms with Crippen molar-refractivity contribution in [1.82, 2.24) is 20.2 Å². The number of nitrogens with zero attached hydrogens (tertiary/aromatic N) is 4. The lowest BCUT2D eigenvalue weighted by atomic mass is 10.2. The number of benzene rings is 3. The van der Waals surface area contributed by atoms with Gasteiger partial charge in [0.25, 0.3) is 5.91 Å². The zero-order chi connectivity index (χ0) is 29.2. The van der Waals surface area contributed by atoms with Crippen LogP contribution in [0.4, 0.5) is 0 Å². The van der Waals surface area contributed by atoms with Crippen molar-refractivity contribution < 1.29 is 28.5 Å². The number of amides is 1. The van der Waals surface area contributed by atoms with E-state index >= 15 is 0 Å². The van der Waals surface area contributed by atoms with Crippen molar-refractivity contribution in [2.75, 3.05) is 26.6 Å². The fourth-order valence-corrected chi connectivity index (χ4v) is 4.53. The number of ether oxygens (including phenoxy) is 4. The lowest BCUT2D eigenvalue weighted by Gasteiger charge is -2.13. The number of methoxy groups -OCH3 is 2. The zero-order valence-corrected chi connectivity index (χ0v) is 23.8.